The van der Waals surface area contributed by atoms with Gasteiger partial charge in [-0.3, -0.25) is 4.99 Å². The van der Waals surface area contributed by atoms with Crippen molar-refractivity contribution in [2.45, 2.75) is 0 Å². The van der Waals surface area contributed by atoms with Crippen molar-refractivity contribution < 1.29 is 9.57 Å². The number of nitrogens with one attached hydrogen (secondary N) is 1. The first-order valence-corrected chi connectivity index (χ1v) is 4.94. The van der Waals surface area contributed by atoms with Gasteiger partial charge in [-0.25, -0.2) is 5.48 Å². The lowest BCUT2D eigenvalue weighted by Gasteiger charge is -2.09. The molecule has 0 bridgehead atoms. The fourth-order valence-corrected chi connectivity index (χ4v) is 1.21. The molecule has 0 saturated carbocycles. The zero-order valence-electron chi connectivity index (χ0n) is 8.67. The van der Waals surface area contributed by atoms with Crippen LogP contribution in [0.5, 0.6) is 5.75 Å². The van der Waals surface area contributed by atoms with Crippen LogP contribution in [0, 0.1) is 0 Å². The Kier molecular flexibility index (Phi) is 3.60. The standard InChI is InChI=1S/C8H7NO.C4H5NO/c1-2-4-8-7(3-1)9-5-6-10-8;1-2-4-6-5-3-1/h1-5H,6H2;1-5H. The van der Waals surface area contributed by atoms with Crippen molar-refractivity contribution in [2.24, 2.45) is 4.99 Å². The summed E-state index contributed by atoms with van der Waals surface area (Å²) in [6.45, 7) is 0.594. The van der Waals surface area contributed by atoms with Gasteiger partial charge in [0.1, 0.15) is 24.3 Å². The lowest BCUT2D eigenvalue weighted by Crippen LogP contribution is -2.01. The van der Waals surface area contributed by atoms with Crippen LogP contribution < -0.4 is 10.2 Å². The van der Waals surface area contributed by atoms with E-state index in [4.69, 9.17) is 4.74 Å². The molecule has 0 aliphatic carbocycles. The van der Waals surface area contributed by atoms with Gasteiger partial charge in [0, 0.05) is 12.4 Å². The van der Waals surface area contributed by atoms with Gasteiger partial charge in [0.2, 0.25) is 0 Å². The van der Waals surface area contributed by atoms with Crippen LogP contribution in [0.1, 0.15) is 0 Å². The molecule has 0 radical (unpaired) electrons. The van der Waals surface area contributed by atoms with Gasteiger partial charge in [0.15, 0.2) is 0 Å². The van der Waals surface area contributed by atoms with Crippen LogP contribution in [0.3, 0.4) is 0 Å². The summed E-state index contributed by atoms with van der Waals surface area (Å²) < 4.78 is 5.27. The maximum absolute atomic E-state index is 5.27. The molecular formula is C12H12N2O2. The molecule has 0 amide bonds. The lowest BCUT2D eigenvalue weighted by molar-refractivity contribution is 0.172. The molecule has 2 heterocycles. The minimum Gasteiger partial charge on any atom is -0.486 e. The highest BCUT2D eigenvalue weighted by Gasteiger charge is 2.02. The van der Waals surface area contributed by atoms with Gasteiger partial charge < -0.3 is 9.57 Å². The van der Waals surface area contributed by atoms with E-state index in [1.54, 1.807) is 24.8 Å². The molecule has 2 aliphatic rings. The molecule has 0 aromatic heterocycles. The molecule has 1 N–H and O–H groups in total. The average molecular weight is 216 g/mol. The van der Waals surface area contributed by atoms with E-state index < -0.39 is 0 Å². The number of rotatable bonds is 0. The Hall–Kier alpha value is -2.23. The predicted octanol–water partition coefficient (Wildman–Crippen LogP) is 2.33. The molecule has 4 nitrogen and oxygen atoms in total. The van der Waals surface area contributed by atoms with Crippen LogP contribution in [0.15, 0.2) is 53.9 Å². The molecule has 2 aliphatic heterocycles. The van der Waals surface area contributed by atoms with Gasteiger partial charge in [-0.15, -0.1) is 0 Å². The van der Waals surface area contributed by atoms with Crippen LogP contribution in [-0.2, 0) is 4.84 Å². The molecule has 1 aromatic rings. The summed E-state index contributed by atoms with van der Waals surface area (Å²) in [6, 6.07) is 7.75. The van der Waals surface area contributed by atoms with E-state index in [0.29, 0.717) is 6.61 Å². The number of fused-ring (bicyclic) bond motifs is 1. The van der Waals surface area contributed by atoms with Gasteiger partial charge in [0.05, 0.1) is 0 Å². The third kappa shape index (κ3) is 2.88. The first-order chi connectivity index (χ1) is 7.97. The Morgan fingerprint density at radius 3 is 2.75 bits per heavy atom. The summed E-state index contributed by atoms with van der Waals surface area (Å²) >= 11 is 0. The molecular weight excluding hydrogens is 204 g/mol. The minimum absolute atomic E-state index is 0.594. The summed E-state index contributed by atoms with van der Waals surface area (Å²) in [5, 5.41) is 0. The normalized spacial score (nSPS) is 14.8. The van der Waals surface area contributed by atoms with Crippen molar-refractivity contribution in [1.82, 2.24) is 5.48 Å². The van der Waals surface area contributed by atoms with E-state index >= 15 is 0 Å². The smallest absolute Gasteiger partial charge is 0.145 e. The maximum atomic E-state index is 5.27. The molecule has 0 spiro atoms. The number of hydrogen-bond acceptors (Lipinski definition) is 4. The molecule has 82 valence electrons. The topological polar surface area (TPSA) is 42.8 Å². The largest absolute Gasteiger partial charge is 0.486 e. The number of benzene rings is 1. The van der Waals surface area contributed by atoms with E-state index in [1.807, 2.05) is 30.3 Å². The maximum Gasteiger partial charge on any atom is 0.145 e. The average Bonchev–Trinajstić information content (AvgIpc) is 2.42. The second-order valence-electron chi connectivity index (χ2n) is 3.01. The van der Waals surface area contributed by atoms with Crippen molar-refractivity contribution in [1.29, 1.82) is 0 Å². The molecule has 4 heteroatoms. The zero-order chi connectivity index (χ0) is 11.1. The summed E-state index contributed by atoms with van der Waals surface area (Å²) in [5.41, 5.74) is 3.44. The van der Waals surface area contributed by atoms with E-state index in [1.165, 1.54) is 0 Å². The van der Waals surface area contributed by atoms with Crippen LogP contribution in [-0.4, -0.2) is 12.8 Å². The third-order valence-corrected chi connectivity index (χ3v) is 1.90. The fourth-order valence-electron chi connectivity index (χ4n) is 1.21. The van der Waals surface area contributed by atoms with Gasteiger partial charge in [-0.05, 0) is 24.3 Å². The highest BCUT2D eigenvalue weighted by Crippen LogP contribution is 2.27. The summed E-state index contributed by atoms with van der Waals surface area (Å²) in [4.78, 5) is 8.70. The number of ether oxygens (including phenoxy) is 1. The Balaban J connectivity index is 0.000000138. The van der Waals surface area contributed by atoms with E-state index in [0.717, 1.165) is 11.4 Å². The van der Waals surface area contributed by atoms with Gasteiger partial charge >= 0.3 is 0 Å². The predicted molar refractivity (Wildman–Crippen MR) is 62.6 cm³/mol. The minimum atomic E-state index is 0.594. The van der Waals surface area contributed by atoms with Gasteiger partial charge in [-0.2, -0.15) is 0 Å². The SMILES string of the molecule is C1=CNOC=C1.C1=Nc2ccccc2OC1. The number of allylic oxidation sites excluding steroid dienone is 2. The molecule has 0 unspecified atom stereocenters. The van der Waals surface area contributed by atoms with Crippen molar-refractivity contribution >= 4 is 11.9 Å². The Morgan fingerprint density at radius 2 is 2.12 bits per heavy atom. The lowest BCUT2D eigenvalue weighted by atomic mass is 10.3. The molecule has 0 fully saturated rings. The van der Waals surface area contributed by atoms with Crippen LogP contribution >= 0.6 is 0 Å². The number of hydroxylamine groups is 1. The van der Waals surface area contributed by atoms with E-state index in [-0.39, 0.29) is 0 Å². The number of aliphatic imine (C=N–C) groups is 1. The second kappa shape index (κ2) is 5.60. The Labute approximate surface area is 93.9 Å². The Morgan fingerprint density at radius 1 is 1.19 bits per heavy atom. The summed E-state index contributed by atoms with van der Waals surface area (Å²) in [6.07, 6.45) is 8.70. The van der Waals surface area contributed by atoms with E-state index in [2.05, 4.69) is 15.3 Å². The summed E-state index contributed by atoms with van der Waals surface area (Å²) in [7, 11) is 0. The van der Waals surface area contributed by atoms with Crippen molar-refractivity contribution in [3.63, 3.8) is 0 Å². The van der Waals surface area contributed by atoms with Crippen LogP contribution in [0.4, 0.5) is 5.69 Å². The second-order valence-corrected chi connectivity index (χ2v) is 3.01. The molecule has 0 atom stereocenters. The zero-order valence-corrected chi connectivity index (χ0v) is 8.67. The van der Waals surface area contributed by atoms with Crippen LogP contribution in [0.2, 0.25) is 0 Å². The highest BCUT2D eigenvalue weighted by molar-refractivity contribution is 5.70. The molecule has 0 saturated heterocycles. The van der Waals surface area contributed by atoms with E-state index in [9.17, 15) is 0 Å². The molecule has 16 heavy (non-hydrogen) atoms. The first kappa shape index (κ1) is 10.3. The number of hydrogen-bond donors (Lipinski definition) is 1. The van der Waals surface area contributed by atoms with Crippen molar-refractivity contribution in [3.05, 3.63) is 48.9 Å². The first-order valence-electron chi connectivity index (χ1n) is 4.94. The summed E-state index contributed by atoms with van der Waals surface area (Å²) in [5.74, 6) is 0.880. The Bertz CT molecular complexity index is 413. The van der Waals surface area contributed by atoms with Crippen LogP contribution in [0.25, 0.3) is 0 Å². The fraction of sp³-hybridized carbons (Fsp3) is 0.0833. The number of para-hydroxylation sites is 2. The number of nitrogens with zero attached hydrogens (tertiary/aromatic N) is 1. The monoisotopic (exact) mass is 216 g/mol. The molecule has 1 aromatic carbocycles. The van der Waals surface area contributed by atoms with Gasteiger partial charge in [-0.1, -0.05) is 12.1 Å². The molecule has 3 rings (SSSR count). The highest BCUT2D eigenvalue weighted by atomic mass is 16.6. The van der Waals surface area contributed by atoms with Crippen molar-refractivity contribution in [2.75, 3.05) is 6.61 Å². The van der Waals surface area contributed by atoms with Gasteiger partial charge in [0.25, 0.3) is 0 Å². The van der Waals surface area contributed by atoms with Crippen molar-refractivity contribution in [3.8, 4) is 5.75 Å². The quantitative estimate of drug-likeness (QED) is 0.723. The third-order valence-electron chi connectivity index (χ3n) is 1.90.